The van der Waals surface area contributed by atoms with Crippen LogP contribution in [0.5, 0.6) is 5.75 Å². The van der Waals surface area contributed by atoms with Gasteiger partial charge in [-0.05, 0) is 19.9 Å². The van der Waals surface area contributed by atoms with Gasteiger partial charge >= 0.3 is 0 Å². The van der Waals surface area contributed by atoms with E-state index >= 15 is 0 Å². The van der Waals surface area contributed by atoms with Crippen molar-refractivity contribution < 1.29 is 36.1 Å². The SMILES string of the molecule is CC[N+](C)(CC)CCOc1cc([N+](=O)[O-])ccc1NC(C)=O.COS(=O)(=O)[O-]. The van der Waals surface area contributed by atoms with Gasteiger partial charge in [-0.3, -0.25) is 19.1 Å². The molecule has 0 atom stereocenters. The van der Waals surface area contributed by atoms with Crippen molar-refractivity contribution in [2.24, 2.45) is 0 Å². The summed E-state index contributed by atoms with van der Waals surface area (Å²) in [6.45, 7) is 8.77. The first-order valence-electron chi connectivity index (χ1n) is 8.41. The number of carbonyl (C=O) groups excluding carboxylic acids is 1. The number of nitro groups is 1. The van der Waals surface area contributed by atoms with E-state index in [-0.39, 0.29) is 11.6 Å². The topological polar surface area (TPSA) is 148 Å². The number of likely N-dealkylation sites (N-methyl/N-ethyl adjacent to an activating group) is 1. The van der Waals surface area contributed by atoms with E-state index in [9.17, 15) is 27.9 Å². The van der Waals surface area contributed by atoms with Crippen LogP contribution < -0.4 is 10.1 Å². The summed E-state index contributed by atoms with van der Waals surface area (Å²) in [6.07, 6.45) is 0. The molecule has 11 nitrogen and oxygen atoms in total. The minimum Gasteiger partial charge on any atom is -0.726 e. The molecule has 0 aliphatic carbocycles. The highest BCUT2D eigenvalue weighted by atomic mass is 32.3. The van der Waals surface area contributed by atoms with Crippen LogP contribution in [0, 0.1) is 10.1 Å². The predicted molar refractivity (Wildman–Crippen MR) is 102 cm³/mol. The predicted octanol–water partition coefficient (Wildman–Crippen LogP) is 1.51. The third-order valence-electron chi connectivity index (χ3n) is 4.11. The van der Waals surface area contributed by atoms with E-state index in [1.807, 2.05) is 0 Å². The van der Waals surface area contributed by atoms with Gasteiger partial charge in [-0.1, -0.05) is 0 Å². The van der Waals surface area contributed by atoms with Crippen LogP contribution in [0.15, 0.2) is 18.2 Å². The Morgan fingerprint density at radius 3 is 2.21 bits per heavy atom. The molecule has 160 valence electrons. The maximum absolute atomic E-state index is 11.2. The van der Waals surface area contributed by atoms with Crippen LogP contribution in [0.3, 0.4) is 0 Å². The van der Waals surface area contributed by atoms with Gasteiger partial charge in [0.15, 0.2) is 0 Å². The van der Waals surface area contributed by atoms with E-state index in [1.165, 1.54) is 25.1 Å². The van der Waals surface area contributed by atoms with Crippen molar-refractivity contribution in [2.45, 2.75) is 20.8 Å². The lowest BCUT2D eigenvalue weighted by Crippen LogP contribution is -2.46. The van der Waals surface area contributed by atoms with Gasteiger partial charge in [0.1, 0.15) is 18.9 Å². The van der Waals surface area contributed by atoms with Crippen LogP contribution >= 0.6 is 0 Å². The van der Waals surface area contributed by atoms with E-state index < -0.39 is 15.3 Å². The average molecular weight is 421 g/mol. The Balaban J connectivity index is 0.00000105. The van der Waals surface area contributed by atoms with Gasteiger partial charge < -0.3 is 19.1 Å². The molecule has 0 heterocycles. The van der Waals surface area contributed by atoms with Crippen molar-refractivity contribution in [3.63, 3.8) is 0 Å². The van der Waals surface area contributed by atoms with E-state index in [1.54, 1.807) is 0 Å². The molecule has 0 aliphatic heterocycles. The first-order chi connectivity index (χ1) is 12.9. The lowest BCUT2D eigenvalue weighted by Gasteiger charge is -2.31. The summed E-state index contributed by atoms with van der Waals surface area (Å²) in [5.74, 6) is 0.0737. The summed E-state index contributed by atoms with van der Waals surface area (Å²) in [7, 11) is -1.47. The molecule has 1 aromatic rings. The normalized spacial score (nSPS) is 11.2. The molecule has 0 saturated heterocycles. The Bertz CT molecular complexity index is 763. The van der Waals surface area contributed by atoms with Crippen molar-refractivity contribution in [1.82, 2.24) is 0 Å². The highest BCUT2D eigenvalue weighted by Crippen LogP contribution is 2.29. The molecule has 0 bridgehead atoms. The van der Waals surface area contributed by atoms with E-state index in [2.05, 4.69) is 30.4 Å². The number of nitro benzene ring substituents is 1. The number of benzene rings is 1. The minimum atomic E-state index is -4.41. The number of anilines is 1. The van der Waals surface area contributed by atoms with Crippen LogP contribution in [0.2, 0.25) is 0 Å². The number of carbonyl (C=O) groups is 1. The zero-order chi connectivity index (χ0) is 22.0. The molecule has 0 radical (unpaired) electrons. The van der Waals surface area contributed by atoms with Gasteiger partial charge in [-0.15, -0.1) is 0 Å². The Hall–Kier alpha value is -2.28. The fourth-order valence-electron chi connectivity index (χ4n) is 1.95. The largest absolute Gasteiger partial charge is 0.726 e. The first kappa shape index (κ1) is 25.7. The highest BCUT2D eigenvalue weighted by molar-refractivity contribution is 7.80. The number of nitrogens with one attached hydrogen (secondary N) is 1. The number of ether oxygens (including phenoxy) is 1. The summed E-state index contributed by atoms with van der Waals surface area (Å²) in [5.41, 5.74) is 0.382. The third-order valence-corrected chi connectivity index (χ3v) is 4.51. The molecule has 12 heteroatoms. The van der Waals surface area contributed by atoms with Crippen LogP contribution in [0.1, 0.15) is 20.8 Å². The van der Waals surface area contributed by atoms with Crippen molar-refractivity contribution in [3.8, 4) is 5.75 Å². The molecular formula is C16H27N3O8S. The van der Waals surface area contributed by atoms with Gasteiger partial charge in [0, 0.05) is 13.0 Å². The molecule has 1 amide bonds. The molecule has 1 rings (SSSR count). The fourth-order valence-corrected chi connectivity index (χ4v) is 1.95. The summed E-state index contributed by atoms with van der Waals surface area (Å²) in [5, 5.41) is 13.5. The number of nitrogens with zero attached hydrogens (tertiary/aromatic N) is 2. The van der Waals surface area contributed by atoms with Crippen molar-refractivity contribution in [3.05, 3.63) is 28.3 Å². The Morgan fingerprint density at radius 1 is 1.29 bits per heavy atom. The maximum Gasteiger partial charge on any atom is 0.273 e. The minimum absolute atomic E-state index is 0.0627. The van der Waals surface area contributed by atoms with Crippen molar-refractivity contribution >= 4 is 27.7 Å². The summed E-state index contributed by atoms with van der Waals surface area (Å²) in [6, 6.07) is 4.17. The molecule has 1 N–H and O–H groups in total. The molecule has 0 saturated carbocycles. The quantitative estimate of drug-likeness (QED) is 0.207. The second kappa shape index (κ2) is 11.5. The number of hydrogen-bond donors (Lipinski definition) is 1. The smallest absolute Gasteiger partial charge is 0.273 e. The monoisotopic (exact) mass is 421 g/mol. The van der Waals surface area contributed by atoms with E-state index in [4.69, 9.17) is 4.74 Å². The Labute approximate surface area is 164 Å². The van der Waals surface area contributed by atoms with Gasteiger partial charge in [-0.25, -0.2) is 8.42 Å². The van der Waals surface area contributed by atoms with Crippen LogP contribution in [0.4, 0.5) is 11.4 Å². The number of non-ortho nitro benzene ring substituents is 1. The first-order valence-corrected chi connectivity index (χ1v) is 9.74. The molecular weight excluding hydrogens is 394 g/mol. The Kier molecular flexibility index (Phi) is 10.6. The van der Waals surface area contributed by atoms with Crippen molar-refractivity contribution in [1.29, 1.82) is 0 Å². The molecule has 0 spiro atoms. The van der Waals surface area contributed by atoms with Gasteiger partial charge in [-0.2, -0.15) is 0 Å². The standard InChI is InChI=1S/C15H23N3O4.CH4O4S/c1-5-18(4,6-2)9-10-22-15-11-13(17(20)21)7-8-14(15)16-12(3)19;1-5-6(2,3)4/h7-8,11H,5-6,9-10H2,1-4H3;1H3,(H,2,3,4). The molecule has 0 aromatic heterocycles. The molecule has 0 aliphatic rings. The third kappa shape index (κ3) is 10.2. The number of hydrogen-bond acceptors (Lipinski definition) is 8. The highest BCUT2D eigenvalue weighted by Gasteiger charge is 2.18. The second-order valence-corrected chi connectivity index (χ2v) is 7.17. The average Bonchev–Trinajstić information content (AvgIpc) is 2.62. The number of amides is 1. The van der Waals surface area contributed by atoms with Gasteiger partial charge in [0.2, 0.25) is 16.3 Å². The number of rotatable bonds is 9. The van der Waals surface area contributed by atoms with Crippen LogP contribution in [0.25, 0.3) is 0 Å². The fraction of sp³-hybridized carbons (Fsp3) is 0.562. The molecule has 0 unspecified atom stereocenters. The van der Waals surface area contributed by atoms with Gasteiger partial charge in [0.05, 0.1) is 43.9 Å². The van der Waals surface area contributed by atoms with Crippen molar-refractivity contribution in [2.75, 3.05) is 45.7 Å². The molecule has 1 aromatic carbocycles. The maximum atomic E-state index is 11.2. The van der Waals surface area contributed by atoms with E-state index in [0.29, 0.717) is 18.0 Å². The Morgan fingerprint density at radius 2 is 1.82 bits per heavy atom. The zero-order valence-corrected chi connectivity index (χ0v) is 17.4. The lowest BCUT2D eigenvalue weighted by atomic mass is 10.2. The van der Waals surface area contributed by atoms with Crippen LogP contribution in [-0.4, -0.2) is 68.7 Å². The van der Waals surface area contributed by atoms with E-state index in [0.717, 1.165) is 31.2 Å². The molecule has 28 heavy (non-hydrogen) atoms. The summed E-state index contributed by atoms with van der Waals surface area (Å²) < 4.78 is 37.6. The number of quaternary nitrogens is 1. The second-order valence-electron chi connectivity index (χ2n) is 6.02. The molecule has 0 fully saturated rings. The van der Waals surface area contributed by atoms with Gasteiger partial charge in [0.25, 0.3) is 5.69 Å². The zero-order valence-electron chi connectivity index (χ0n) is 16.6. The summed E-state index contributed by atoms with van der Waals surface area (Å²) in [4.78, 5) is 21.6. The summed E-state index contributed by atoms with van der Waals surface area (Å²) >= 11 is 0. The lowest BCUT2D eigenvalue weighted by molar-refractivity contribution is -0.906. The van der Waals surface area contributed by atoms with Crippen LogP contribution in [-0.2, 0) is 19.4 Å².